The summed E-state index contributed by atoms with van der Waals surface area (Å²) in [5.41, 5.74) is 7.20. The van der Waals surface area contributed by atoms with Crippen LogP contribution in [-0.2, 0) is 0 Å². The predicted octanol–water partition coefficient (Wildman–Crippen LogP) is 6.25. The molecule has 1 heterocycles. The molecule has 0 radical (unpaired) electrons. The summed E-state index contributed by atoms with van der Waals surface area (Å²) >= 11 is 0. The highest BCUT2D eigenvalue weighted by Crippen LogP contribution is 2.28. The minimum atomic E-state index is 1.11. The second-order valence-electron chi connectivity index (χ2n) is 6.09. The highest BCUT2D eigenvalue weighted by molar-refractivity contribution is 5.86. The van der Waals surface area contributed by atoms with Gasteiger partial charge in [-0.15, -0.1) is 0 Å². The molecule has 4 aromatic rings. The van der Waals surface area contributed by atoms with E-state index in [1.807, 2.05) is 12.1 Å². The summed E-state index contributed by atoms with van der Waals surface area (Å²) < 4.78 is 2.27. The highest BCUT2D eigenvalue weighted by Gasteiger charge is 2.09. The van der Waals surface area contributed by atoms with Crippen LogP contribution in [0.5, 0.6) is 0 Å². The van der Waals surface area contributed by atoms with Gasteiger partial charge < -0.3 is 4.57 Å². The zero-order valence-corrected chi connectivity index (χ0v) is 13.7. The minimum Gasteiger partial charge on any atom is -0.310 e. The third-order valence-corrected chi connectivity index (χ3v) is 4.41. The Morgan fingerprint density at radius 1 is 0.792 bits per heavy atom. The number of hydrogen-bond donors (Lipinski definition) is 0. The number of rotatable bonds is 3. The average Bonchev–Trinajstić information content (AvgIpc) is 3.00. The molecule has 1 nitrogen and oxygen atoms in total. The summed E-state index contributed by atoms with van der Waals surface area (Å²) in [6.45, 7) is 6.12. The Kier molecular flexibility index (Phi) is 3.55. The van der Waals surface area contributed by atoms with Crippen molar-refractivity contribution in [2.45, 2.75) is 6.92 Å². The van der Waals surface area contributed by atoms with E-state index in [2.05, 4.69) is 90.9 Å². The monoisotopic (exact) mass is 309 g/mol. The standard InChI is InChI=1S/C23H19N/c1-3-21-16-20-14-17(2)12-13-23(20)24(21)22-11-7-10-19(15-22)18-8-5-4-6-9-18/h3-16H,1H2,2H3. The van der Waals surface area contributed by atoms with Crippen LogP contribution >= 0.6 is 0 Å². The van der Waals surface area contributed by atoms with Crippen LogP contribution < -0.4 is 0 Å². The SMILES string of the molecule is C=Cc1cc2cc(C)ccc2n1-c1cccc(-c2ccccc2)c1. The Bertz CT molecular complexity index is 1020. The molecule has 4 rings (SSSR count). The quantitative estimate of drug-likeness (QED) is 0.421. The maximum absolute atomic E-state index is 3.99. The lowest BCUT2D eigenvalue weighted by molar-refractivity contribution is 1.11. The first-order chi connectivity index (χ1) is 11.8. The van der Waals surface area contributed by atoms with E-state index in [9.17, 15) is 0 Å². The van der Waals surface area contributed by atoms with Crippen molar-refractivity contribution in [3.05, 3.63) is 96.7 Å². The fourth-order valence-corrected chi connectivity index (χ4v) is 3.25. The maximum atomic E-state index is 3.99. The van der Waals surface area contributed by atoms with Gasteiger partial charge in [-0.3, -0.25) is 0 Å². The largest absolute Gasteiger partial charge is 0.310 e. The van der Waals surface area contributed by atoms with Crippen molar-refractivity contribution < 1.29 is 0 Å². The molecule has 24 heavy (non-hydrogen) atoms. The van der Waals surface area contributed by atoms with Gasteiger partial charge in [-0.05, 0) is 54.5 Å². The van der Waals surface area contributed by atoms with Gasteiger partial charge in [0.25, 0.3) is 0 Å². The van der Waals surface area contributed by atoms with E-state index in [0.29, 0.717) is 0 Å². The molecule has 116 valence electrons. The van der Waals surface area contributed by atoms with Crippen molar-refractivity contribution in [3.8, 4) is 16.8 Å². The lowest BCUT2D eigenvalue weighted by atomic mass is 10.1. The molecule has 0 aliphatic rings. The normalized spacial score (nSPS) is 10.9. The zero-order chi connectivity index (χ0) is 16.5. The molecule has 1 aromatic heterocycles. The van der Waals surface area contributed by atoms with Gasteiger partial charge in [0.1, 0.15) is 0 Å². The van der Waals surface area contributed by atoms with Gasteiger partial charge in [0.2, 0.25) is 0 Å². The molecule has 0 unspecified atom stereocenters. The average molecular weight is 309 g/mol. The van der Waals surface area contributed by atoms with Gasteiger partial charge in [0.05, 0.1) is 5.52 Å². The molecule has 0 fully saturated rings. The van der Waals surface area contributed by atoms with Crippen molar-refractivity contribution in [2.24, 2.45) is 0 Å². The third-order valence-electron chi connectivity index (χ3n) is 4.41. The van der Waals surface area contributed by atoms with Crippen LogP contribution in [0.4, 0.5) is 0 Å². The summed E-state index contributed by atoms with van der Waals surface area (Å²) in [7, 11) is 0. The van der Waals surface area contributed by atoms with Crippen LogP contribution in [0.25, 0.3) is 33.8 Å². The minimum absolute atomic E-state index is 1.11. The van der Waals surface area contributed by atoms with E-state index >= 15 is 0 Å². The van der Waals surface area contributed by atoms with Crippen LogP contribution in [0.15, 0.2) is 85.4 Å². The summed E-state index contributed by atoms with van der Waals surface area (Å²) in [6.07, 6.45) is 1.92. The molecular formula is C23H19N. The number of fused-ring (bicyclic) bond motifs is 1. The number of benzene rings is 3. The lowest BCUT2D eigenvalue weighted by Gasteiger charge is -2.11. The molecule has 0 N–H and O–H groups in total. The fraction of sp³-hybridized carbons (Fsp3) is 0.0435. The second kappa shape index (κ2) is 5.86. The molecule has 0 bridgehead atoms. The van der Waals surface area contributed by atoms with E-state index in [1.165, 1.54) is 27.6 Å². The lowest BCUT2D eigenvalue weighted by Crippen LogP contribution is -1.96. The predicted molar refractivity (Wildman–Crippen MR) is 104 cm³/mol. The van der Waals surface area contributed by atoms with Crippen molar-refractivity contribution >= 4 is 17.0 Å². The van der Waals surface area contributed by atoms with E-state index < -0.39 is 0 Å². The molecule has 0 saturated carbocycles. The maximum Gasteiger partial charge on any atom is 0.0534 e. The third kappa shape index (κ3) is 2.44. The molecule has 3 aromatic carbocycles. The van der Waals surface area contributed by atoms with Crippen LogP contribution in [0.3, 0.4) is 0 Å². The molecule has 0 atom stereocenters. The van der Waals surface area contributed by atoms with Gasteiger partial charge in [-0.2, -0.15) is 0 Å². The van der Waals surface area contributed by atoms with Crippen molar-refractivity contribution in [2.75, 3.05) is 0 Å². The molecule has 0 spiro atoms. The summed E-state index contributed by atoms with van der Waals surface area (Å²) in [6, 6.07) is 27.9. The smallest absolute Gasteiger partial charge is 0.0534 e. The van der Waals surface area contributed by atoms with Gasteiger partial charge in [0.15, 0.2) is 0 Å². The topological polar surface area (TPSA) is 4.93 Å². The molecule has 1 heteroatoms. The summed E-state index contributed by atoms with van der Waals surface area (Å²) in [5, 5.41) is 1.25. The van der Waals surface area contributed by atoms with Crippen LogP contribution in [0.1, 0.15) is 11.3 Å². The molecule has 0 amide bonds. The van der Waals surface area contributed by atoms with E-state index in [-0.39, 0.29) is 0 Å². The zero-order valence-electron chi connectivity index (χ0n) is 13.7. The van der Waals surface area contributed by atoms with Crippen molar-refractivity contribution in [1.29, 1.82) is 0 Å². The van der Waals surface area contributed by atoms with E-state index in [4.69, 9.17) is 0 Å². The molecule has 0 aliphatic carbocycles. The first-order valence-corrected chi connectivity index (χ1v) is 8.17. The molecule has 0 aliphatic heterocycles. The van der Waals surface area contributed by atoms with Crippen LogP contribution in [0, 0.1) is 6.92 Å². The van der Waals surface area contributed by atoms with Crippen LogP contribution in [0.2, 0.25) is 0 Å². The highest BCUT2D eigenvalue weighted by atomic mass is 15.0. The van der Waals surface area contributed by atoms with E-state index in [1.54, 1.807) is 0 Å². The Morgan fingerprint density at radius 3 is 2.38 bits per heavy atom. The van der Waals surface area contributed by atoms with Crippen molar-refractivity contribution in [3.63, 3.8) is 0 Å². The van der Waals surface area contributed by atoms with Gasteiger partial charge in [0, 0.05) is 16.8 Å². The summed E-state index contributed by atoms with van der Waals surface area (Å²) in [5.74, 6) is 0. The van der Waals surface area contributed by atoms with Gasteiger partial charge in [-0.1, -0.05) is 60.7 Å². The first kappa shape index (κ1) is 14.5. The summed E-state index contributed by atoms with van der Waals surface area (Å²) in [4.78, 5) is 0. The number of nitrogens with zero attached hydrogens (tertiary/aromatic N) is 1. The first-order valence-electron chi connectivity index (χ1n) is 8.17. The Morgan fingerprint density at radius 2 is 1.58 bits per heavy atom. The van der Waals surface area contributed by atoms with Gasteiger partial charge >= 0.3 is 0 Å². The Balaban J connectivity index is 1.93. The number of hydrogen-bond acceptors (Lipinski definition) is 0. The van der Waals surface area contributed by atoms with E-state index in [0.717, 1.165) is 11.4 Å². The fourth-order valence-electron chi connectivity index (χ4n) is 3.25. The Labute approximate surface area is 142 Å². The molecule has 0 saturated heterocycles. The number of aromatic nitrogens is 1. The molecular weight excluding hydrogens is 290 g/mol. The van der Waals surface area contributed by atoms with Crippen LogP contribution in [-0.4, -0.2) is 4.57 Å². The second-order valence-corrected chi connectivity index (χ2v) is 6.09. The van der Waals surface area contributed by atoms with Gasteiger partial charge in [-0.25, -0.2) is 0 Å². The Hall–Kier alpha value is -3.06. The number of aryl methyl sites for hydroxylation is 1. The van der Waals surface area contributed by atoms with Crippen molar-refractivity contribution in [1.82, 2.24) is 4.57 Å².